The van der Waals surface area contributed by atoms with Gasteiger partial charge in [0.05, 0.1) is 11.3 Å². The Hall–Kier alpha value is -1.65. The van der Waals surface area contributed by atoms with Gasteiger partial charge >= 0.3 is 0 Å². The van der Waals surface area contributed by atoms with Crippen LogP contribution >= 0.6 is 0 Å². The lowest BCUT2D eigenvalue weighted by atomic mass is 10.1. The van der Waals surface area contributed by atoms with E-state index in [0.717, 1.165) is 12.1 Å². The van der Waals surface area contributed by atoms with E-state index in [2.05, 4.69) is 0 Å². The number of halogens is 2. The molecule has 5 heteroatoms. The maximum absolute atomic E-state index is 13.6. The molecule has 1 rings (SSSR count). The lowest BCUT2D eigenvalue weighted by Crippen LogP contribution is -2.31. The Morgan fingerprint density at radius 1 is 1.41 bits per heavy atom. The van der Waals surface area contributed by atoms with Gasteiger partial charge in [-0.25, -0.2) is 8.78 Å². The van der Waals surface area contributed by atoms with Gasteiger partial charge in [-0.1, -0.05) is 13.8 Å². The Morgan fingerprint density at radius 2 is 2.00 bits per heavy atom. The molecule has 0 saturated carbocycles. The first kappa shape index (κ1) is 13.4. The number of carbonyl (C=O) groups excluding carboxylic acids is 1. The second-order valence-electron chi connectivity index (χ2n) is 4.44. The van der Waals surface area contributed by atoms with Gasteiger partial charge in [-0.3, -0.25) is 4.79 Å². The minimum atomic E-state index is -0.869. The summed E-state index contributed by atoms with van der Waals surface area (Å²) >= 11 is 0. The Bertz CT molecular complexity index is 433. The van der Waals surface area contributed by atoms with Crippen molar-refractivity contribution in [2.45, 2.75) is 13.8 Å². The third-order valence-electron chi connectivity index (χ3n) is 2.28. The summed E-state index contributed by atoms with van der Waals surface area (Å²) in [5, 5.41) is 0. The topological polar surface area (TPSA) is 46.3 Å². The number of hydrogen-bond donors (Lipinski definition) is 1. The minimum Gasteiger partial charge on any atom is -0.396 e. The summed E-state index contributed by atoms with van der Waals surface area (Å²) in [5.74, 6) is -1.91. The second kappa shape index (κ2) is 5.12. The lowest BCUT2D eigenvalue weighted by Gasteiger charge is -2.20. The number of nitrogens with two attached hydrogens (primary N) is 1. The maximum Gasteiger partial charge on any atom is 0.256 e. The molecule has 0 saturated heterocycles. The molecule has 17 heavy (non-hydrogen) atoms. The zero-order valence-corrected chi connectivity index (χ0v) is 10.1. The van der Waals surface area contributed by atoms with Crippen molar-refractivity contribution < 1.29 is 13.6 Å². The summed E-state index contributed by atoms with van der Waals surface area (Å²) in [6, 6.07) is 1.72. The SMILES string of the molecule is CC(C)CN(C)C(=O)c1cc(F)cc(N)c1F. The molecule has 0 aliphatic heterocycles. The van der Waals surface area contributed by atoms with Crippen LogP contribution in [0.1, 0.15) is 24.2 Å². The van der Waals surface area contributed by atoms with Crippen LogP contribution in [0.3, 0.4) is 0 Å². The van der Waals surface area contributed by atoms with E-state index in [-0.39, 0.29) is 17.2 Å². The number of amides is 1. The van der Waals surface area contributed by atoms with Crippen LogP contribution < -0.4 is 5.73 Å². The van der Waals surface area contributed by atoms with Crippen molar-refractivity contribution in [3.05, 3.63) is 29.3 Å². The number of rotatable bonds is 3. The highest BCUT2D eigenvalue weighted by Crippen LogP contribution is 2.19. The van der Waals surface area contributed by atoms with Crippen molar-refractivity contribution in [2.24, 2.45) is 5.92 Å². The van der Waals surface area contributed by atoms with Gasteiger partial charge < -0.3 is 10.6 Å². The average molecular weight is 242 g/mol. The van der Waals surface area contributed by atoms with Crippen LogP contribution in [0.25, 0.3) is 0 Å². The molecular weight excluding hydrogens is 226 g/mol. The summed E-state index contributed by atoms with van der Waals surface area (Å²) in [7, 11) is 1.54. The first-order valence-electron chi connectivity index (χ1n) is 5.33. The maximum atomic E-state index is 13.6. The van der Waals surface area contributed by atoms with Crippen molar-refractivity contribution in [3.63, 3.8) is 0 Å². The fourth-order valence-electron chi connectivity index (χ4n) is 1.60. The van der Waals surface area contributed by atoms with E-state index in [1.54, 1.807) is 7.05 Å². The zero-order chi connectivity index (χ0) is 13.2. The van der Waals surface area contributed by atoms with E-state index >= 15 is 0 Å². The smallest absolute Gasteiger partial charge is 0.256 e. The van der Waals surface area contributed by atoms with Crippen molar-refractivity contribution in [1.29, 1.82) is 0 Å². The molecule has 1 amide bonds. The molecule has 1 aromatic rings. The largest absolute Gasteiger partial charge is 0.396 e. The molecule has 0 radical (unpaired) electrons. The first-order valence-corrected chi connectivity index (χ1v) is 5.33. The number of hydrogen-bond acceptors (Lipinski definition) is 2. The Kier molecular flexibility index (Phi) is 4.04. The number of carbonyl (C=O) groups is 1. The number of anilines is 1. The molecule has 0 bridgehead atoms. The molecular formula is C12H16F2N2O. The number of nitrogens with zero attached hydrogens (tertiary/aromatic N) is 1. The predicted octanol–water partition coefficient (Wildman–Crippen LogP) is 2.27. The summed E-state index contributed by atoms with van der Waals surface area (Å²) in [5.41, 5.74) is 4.59. The van der Waals surface area contributed by atoms with E-state index in [9.17, 15) is 13.6 Å². The molecule has 0 unspecified atom stereocenters. The highest BCUT2D eigenvalue weighted by atomic mass is 19.1. The van der Waals surface area contributed by atoms with Crippen LogP contribution in [0.4, 0.5) is 14.5 Å². The molecule has 94 valence electrons. The highest BCUT2D eigenvalue weighted by molar-refractivity contribution is 5.95. The summed E-state index contributed by atoms with van der Waals surface area (Å²) in [6.45, 7) is 4.33. The average Bonchev–Trinajstić information content (AvgIpc) is 2.21. The van der Waals surface area contributed by atoms with Crippen molar-refractivity contribution in [1.82, 2.24) is 4.90 Å². The second-order valence-corrected chi connectivity index (χ2v) is 4.44. The molecule has 0 aliphatic rings. The Labute approximate surface area is 99.2 Å². The minimum absolute atomic E-state index is 0.248. The summed E-state index contributed by atoms with van der Waals surface area (Å²) in [6.07, 6.45) is 0. The van der Waals surface area contributed by atoms with Gasteiger partial charge in [0.1, 0.15) is 5.82 Å². The van der Waals surface area contributed by atoms with Crippen LogP contribution in [-0.2, 0) is 0 Å². The van der Waals surface area contributed by atoms with E-state index in [1.165, 1.54) is 4.90 Å². The van der Waals surface area contributed by atoms with Crippen LogP contribution in [0.2, 0.25) is 0 Å². The van der Waals surface area contributed by atoms with E-state index in [0.29, 0.717) is 6.54 Å². The van der Waals surface area contributed by atoms with Crippen LogP contribution in [0, 0.1) is 17.6 Å². The summed E-state index contributed by atoms with van der Waals surface area (Å²) < 4.78 is 26.7. The van der Waals surface area contributed by atoms with E-state index < -0.39 is 17.5 Å². The van der Waals surface area contributed by atoms with Gasteiger partial charge in [-0.15, -0.1) is 0 Å². The fraction of sp³-hybridized carbons (Fsp3) is 0.417. The number of benzene rings is 1. The standard InChI is InChI=1S/C12H16F2N2O/c1-7(2)6-16(3)12(17)9-4-8(13)5-10(15)11(9)14/h4-5,7H,6,15H2,1-3H3. The molecule has 0 aliphatic carbocycles. The Morgan fingerprint density at radius 3 is 2.53 bits per heavy atom. The predicted molar refractivity (Wildman–Crippen MR) is 62.6 cm³/mol. The third kappa shape index (κ3) is 3.15. The van der Waals surface area contributed by atoms with Gasteiger partial charge in [0.25, 0.3) is 5.91 Å². The monoisotopic (exact) mass is 242 g/mol. The van der Waals surface area contributed by atoms with Crippen molar-refractivity contribution in [2.75, 3.05) is 19.3 Å². The van der Waals surface area contributed by atoms with Crippen LogP contribution in [0.15, 0.2) is 12.1 Å². The normalized spacial score (nSPS) is 10.7. The van der Waals surface area contributed by atoms with Crippen molar-refractivity contribution in [3.8, 4) is 0 Å². The molecule has 0 heterocycles. The summed E-state index contributed by atoms with van der Waals surface area (Å²) in [4.78, 5) is 13.2. The molecule has 2 N–H and O–H groups in total. The van der Waals surface area contributed by atoms with E-state index in [4.69, 9.17) is 5.73 Å². The fourth-order valence-corrected chi connectivity index (χ4v) is 1.60. The van der Waals surface area contributed by atoms with Gasteiger partial charge in [0.2, 0.25) is 0 Å². The lowest BCUT2D eigenvalue weighted by molar-refractivity contribution is 0.0774. The molecule has 1 aromatic carbocycles. The molecule has 0 atom stereocenters. The zero-order valence-electron chi connectivity index (χ0n) is 10.1. The van der Waals surface area contributed by atoms with E-state index in [1.807, 2.05) is 13.8 Å². The Balaban J connectivity index is 3.04. The molecule has 3 nitrogen and oxygen atoms in total. The molecule has 0 fully saturated rings. The number of nitrogen functional groups attached to an aromatic ring is 1. The van der Waals surface area contributed by atoms with Gasteiger partial charge in [0, 0.05) is 13.6 Å². The van der Waals surface area contributed by atoms with Crippen LogP contribution in [-0.4, -0.2) is 24.4 Å². The van der Waals surface area contributed by atoms with Gasteiger partial charge in [-0.2, -0.15) is 0 Å². The molecule has 0 aromatic heterocycles. The third-order valence-corrected chi connectivity index (χ3v) is 2.28. The van der Waals surface area contributed by atoms with Crippen LogP contribution in [0.5, 0.6) is 0 Å². The van der Waals surface area contributed by atoms with Gasteiger partial charge in [0.15, 0.2) is 5.82 Å². The quantitative estimate of drug-likeness (QED) is 0.826. The van der Waals surface area contributed by atoms with Crippen molar-refractivity contribution >= 4 is 11.6 Å². The first-order chi connectivity index (χ1) is 7.82. The highest BCUT2D eigenvalue weighted by Gasteiger charge is 2.19. The molecule has 0 spiro atoms. The van der Waals surface area contributed by atoms with Gasteiger partial charge in [-0.05, 0) is 18.1 Å².